The molecule has 0 saturated carbocycles. The highest BCUT2D eigenvalue weighted by atomic mass is 16.7. The number of rotatable bonds is 5. The van der Waals surface area contributed by atoms with Crippen molar-refractivity contribution >= 4 is 5.97 Å². The zero-order valence-electron chi connectivity index (χ0n) is 11.7. The van der Waals surface area contributed by atoms with Crippen LogP contribution in [-0.4, -0.2) is 48.0 Å². The number of aliphatic hydroxyl groups is 1. The van der Waals surface area contributed by atoms with E-state index in [1.807, 2.05) is 13.0 Å². The van der Waals surface area contributed by atoms with Crippen molar-refractivity contribution in [2.75, 3.05) is 26.3 Å². The highest BCUT2D eigenvalue weighted by Crippen LogP contribution is 2.25. The third kappa shape index (κ3) is 4.03. The number of benzene rings is 1. The Morgan fingerprint density at radius 1 is 1.40 bits per heavy atom. The van der Waals surface area contributed by atoms with Crippen LogP contribution in [0.25, 0.3) is 0 Å². The van der Waals surface area contributed by atoms with E-state index in [-0.39, 0.29) is 18.2 Å². The zero-order valence-corrected chi connectivity index (χ0v) is 11.7. The third-order valence-electron chi connectivity index (χ3n) is 3.39. The van der Waals surface area contributed by atoms with Crippen molar-refractivity contribution in [2.24, 2.45) is 0 Å². The molecule has 5 heteroatoms. The van der Waals surface area contributed by atoms with Crippen molar-refractivity contribution in [3.8, 4) is 0 Å². The second-order valence-corrected chi connectivity index (χ2v) is 5.23. The molecule has 0 unspecified atom stereocenters. The molecule has 5 nitrogen and oxygen atoms in total. The first-order valence-electron chi connectivity index (χ1n) is 6.90. The van der Waals surface area contributed by atoms with Crippen LogP contribution >= 0.6 is 0 Å². The molecular formula is C15H21NO4. The monoisotopic (exact) mass is 279 g/mol. The Labute approximate surface area is 119 Å². The molecule has 1 aliphatic rings. The molecule has 1 aliphatic heterocycles. The zero-order chi connectivity index (χ0) is 14.4. The van der Waals surface area contributed by atoms with Crippen LogP contribution in [0.15, 0.2) is 30.3 Å². The van der Waals surface area contributed by atoms with Gasteiger partial charge in [-0.1, -0.05) is 18.2 Å². The van der Waals surface area contributed by atoms with Crippen LogP contribution in [0.4, 0.5) is 0 Å². The first kappa shape index (κ1) is 15.0. The third-order valence-corrected chi connectivity index (χ3v) is 3.39. The molecule has 0 bridgehead atoms. The number of hydroxylamine groups is 2. The predicted octanol–water partition coefficient (Wildman–Crippen LogP) is 1.62. The molecule has 0 aromatic heterocycles. The minimum atomic E-state index is -0.377. The Morgan fingerprint density at radius 3 is 2.85 bits per heavy atom. The lowest BCUT2D eigenvalue weighted by Crippen LogP contribution is -2.48. The molecule has 0 spiro atoms. The number of piperidine rings is 1. The van der Waals surface area contributed by atoms with Gasteiger partial charge in [0.2, 0.25) is 0 Å². The molecule has 1 saturated heterocycles. The molecular weight excluding hydrogens is 258 g/mol. The van der Waals surface area contributed by atoms with Gasteiger partial charge in [-0.25, -0.2) is 4.79 Å². The van der Waals surface area contributed by atoms with E-state index in [0.29, 0.717) is 25.3 Å². The average Bonchev–Trinajstić information content (AvgIpc) is 2.46. The first-order valence-corrected chi connectivity index (χ1v) is 6.90. The summed E-state index contributed by atoms with van der Waals surface area (Å²) in [5.41, 5.74) is 0.161. The fourth-order valence-electron chi connectivity index (χ4n) is 2.39. The van der Waals surface area contributed by atoms with Crippen LogP contribution in [0.3, 0.4) is 0 Å². The molecule has 1 N–H and O–H groups in total. The Kier molecular flexibility index (Phi) is 5.11. The van der Waals surface area contributed by atoms with Crippen molar-refractivity contribution in [1.82, 2.24) is 5.06 Å². The predicted molar refractivity (Wildman–Crippen MR) is 74.1 cm³/mol. The van der Waals surface area contributed by atoms with Crippen LogP contribution in [-0.2, 0) is 9.57 Å². The van der Waals surface area contributed by atoms with Gasteiger partial charge in [-0.05, 0) is 31.9 Å². The summed E-state index contributed by atoms with van der Waals surface area (Å²) >= 11 is 0. The molecule has 0 radical (unpaired) electrons. The van der Waals surface area contributed by atoms with Crippen molar-refractivity contribution in [1.29, 1.82) is 0 Å². The normalized spacial score (nSPS) is 23.5. The molecule has 0 aliphatic carbocycles. The van der Waals surface area contributed by atoms with Gasteiger partial charge in [-0.15, -0.1) is 5.06 Å². The molecule has 1 atom stereocenters. The first-order chi connectivity index (χ1) is 9.63. The van der Waals surface area contributed by atoms with Gasteiger partial charge in [0, 0.05) is 6.54 Å². The summed E-state index contributed by atoms with van der Waals surface area (Å²) in [6.07, 6.45) is 1.79. The smallest absolute Gasteiger partial charge is 0.357 e. The average molecular weight is 279 g/mol. The van der Waals surface area contributed by atoms with E-state index in [1.165, 1.54) is 0 Å². The van der Waals surface area contributed by atoms with Gasteiger partial charge < -0.3 is 14.7 Å². The SMILES string of the molecule is C[C@@]1(OCCO)CCCN(OC(=O)c2ccccc2)C1. The van der Waals surface area contributed by atoms with Crippen molar-refractivity contribution in [3.63, 3.8) is 0 Å². The number of carbonyl (C=O) groups excluding carboxylic acids is 1. The summed E-state index contributed by atoms with van der Waals surface area (Å²) < 4.78 is 5.65. The van der Waals surface area contributed by atoms with Gasteiger partial charge in [-0.3, -0.25) is 0 Å². The molecule has 1 fully saturated rings. The lowest BCUT2D eigenvalue weighted by atomic mass is 9.96. The largest absolute Gasteiger partial charge is 0.394 e. The maximum atomic E-state index is 12.0. The Morgan fingerprint density at radius 2 is 2.15 bits per heavy atom. The summed E-state index contributed by atoms with van der Waals surface area (Å²) in [6.45, 7) is 3.50. The van der Waals surface area contributed by atoms with E-state index < -0.39 is 0 Å². The quantitative estimate of drug-likeness (QED) is 0.887. The molecule has 20 heavy (non-hydrogen) atoms. The molecule has 1 aromatic rings. The van der Waals surface area contributed by atoms with Gasteiger partial charge in [0.1, 0.15) is 0 Å². The number of aliphatic hydroxyl groups excluding tert-OH is 1. The lowest BCUT2D eigenvalue weighted by molar-refractivity contribution is -0.182. The number of ether oxygens (including phenoxy) is 1. The van der Waals surface area contributed by atoms with Gasteiger partial charge in [0.25, 0.3) is 0 Å². The Balaban J connectivity index is 1.91. The summed E-state index contributed by atoms with van der Waals surface area (Å²) in [5.74, 6) is -0.350. The standard InChI is InChI=1S/C15H21NO4/c1-15(19-11-10-17)8-5-9-16(12-15)20-14(18)13-6-3-2-4-7-13/h2-4,6-7,17H,5,8-12H2,1H3/t15-/m1/s1. The van der Waals surface area contributed by atoms with Gasteiger partial charge in [0.05, 0.1) is 30.9 Å². The topological polar surface area (TPSA) is 59.0 Å². The lowest BCUT2D eigenvalue weighted by Gasteiger charge is -2.38. The van der Waals surface area contributed by atoms with Crippen LogP contribution in [0.1, 0.15) is 30.1 Å². The van der Waals surface area contributed by atoms with E-state index in [2.05, 4.69) is 0 Å². The fourth-order valence-corrected chi connectivity index (χ4v) is 2.39. The van der Waals surface area contributed by atoms with Crippen LogP contribution < -0.4 is 0 Å². The van der Waals surface area contributed by atoms with E-state index in [0.717, 1.165) is 12.8 Å². The van der Waals surface area contributed by atoms with E-state index in [4.69, 9.17) is 14.7 Å². The maximum Gasteiger partial charge on any atom is 0.357 e. The highest BCUT2D eigenvalue weighted by molar-refractivity contribution is 5.89. The number of hydrogen-bond donors (Lipinski definition) is 1. The van der Waals surface area contributed by atoms with Crippen molar-refractivity contribution < 1.29 is 19.5 Å². The highest BCUT2D eigenvalue weighted by Gasteiger charge is 2.33. The number of carbonyl (C=O) groups is 1. The summed E-state index contributed by atoms with van der Waals surface area (Å²) in [4.78, 5) is 17.4. The van der Waals surface area contributed by atoms with E-state index in [1.54, 1.807) is 29.3 Å². The molecule has 0 amide bonds. The summed E-state index contributed by atoms with van der Waals surface area (Å²) in [7, 11) is 0. The molecule has 1 aromatic carbocycles. The van der Waals surface area contributed by atoms with Gasteiger partial charge >= 0.3 is 5.97 Å². The molecule has 1 heterocycles. The van der Waals surface area contributed by atoms with E-state index in [9.17, 15) is 4.79 Å². The fraction of sp³-hybridized carbons (Fsp3) is 0.533. The second-order valence-electron chi connectivity index (χ2n) is 5.23. The van der Waals surface area contributed by atoms with Crippen LogP contribution in [0.2, 0.25) is 0 Å². The van der Waals surface area contributed by atoms with Crippen LogP contribution in [0, 0.1) is 0 Å². The maximum absolute atomic E-state index is 12.0. The van der Waals surface area contributed by atoms with Gasteiger partial charge in [-0.2, -0.15) is 0 Å². The summed E-state index contributed by atoms with van der Waals surface area (Å²) in [5, 5.41) is 10.5. The van der Waals surface area contributed by atoms with Crippen LogP contribution in [0.5, 0.6) is 0 Å². The Bertz CT molecular complexity index is 437. The molecule has 2 rings (SSSR count). The second kappa shape index (κ2) is 6.83. The number of nitrogens with zero attached hydrogens (tertiary/aromatic N) is 1. The summed E-state index contributed by atoms with van der Waals surface area (Å²) in [6, 6.07) is 8.93. The van der Waals surface area contributed by atoms with Gasteiger partial charge in [0.15, 0.2) is 0 Å². The minimum Gasteiger partial charge on any atom is -0.394 e. The number of hydrogen-bond acceptors (Lipinski definition) is 5. The minimum absolute atomic E-state index is 0.000602. The van der Waals surface area contributed by atoms with E-state index >= 15 is 0 Å². The molecule has 110 valence electrons. The van der Waals surface area contributed by atoms with Crippen molar-refractivity contribution in [3.05, 3.63) is 35.9 Å². The van der Waals surface area contributed by atoms with Crippen molar-refractivity contribution in [2.45, 2.75) is 25.4 Å². The Hall–Kier alpha value is -1.43.